The molecule has 3 heterocycles. The number of benzene rings is 3. The molecule has 0 unspecified atom stereocenters. The molecule has 0 radical (unpaired) electrons. The summed E-state index contributed by atoms with van der Waals surface area (Å²) < 4.78 is 41.8. The van der Waals surface area contributed by atoms with Crippen molar-refractivity contribution in [2.75, 3.05) is 0 Å². The third-order valence-corrected chi connectivity index (χ3v) is 5.69. The number of halogens is 2. The maximum absolute atomic E-state index is 14.4. The van der Waals surface area contributed by atoms with Gasteiger partial charge in [-0.25, -0.2) is 18.3 Å². The second kappa shape index (κ2) is 5.48. The average Bonchev–Trinajstić information content (AvgIpc) is 3.24. The molecular weight excluding hydrogens is 412 g/mol. The Balaban J connectivity index is 1.78. The molecule has 0 aliphatic carbocycles. The first kappa shape index (κ1) is 17.6. The summed E-state index contributed by atoms with van der Waals surface area (Å²) in [6.07, 6.45) is 0. The molecule has 31 heavy (non-hydrogen) atoms. The zero-order valence-electron chi connectivity index (χ0n) is 15.7. The molecule has 6 rings (SSSR count). The Kier molecular flexibility index (Phi) is 3.12. The van der Waals surface area contributed by atoms with Gasteiger partial charge in [0.25, 0.3) is 0 Å². The fourth-order valence-electron chi connectivity index (χ4n) is 4.32. The standard InChI is InChI=1S/C21H11F2N3O5/c1-26-13-3-2-8-18(19(13)24-25-26)20(29)31-21(8)9-4-11(22)14(27)6-16(9)30-17-7-15(28)12(23)5-10(17)21/h2-7,27-28H,1H3. The maximum atomic E-state index is 14.4. The second-order valence-corrected chi connectivity index (χ2v) is 7.34. The van der Waals surface area contributed by atoms with E-state index in [0.29, 0.717) is 5.52 Å². The summed E-state index contributed by atoms with van der Waals surface area (Å²) in [5.74, 6) is -4.12. The Bertz CT molecular complexity index is 1420. The molecule has 4 aromatic rings. The van der Waals surface area contributed by atoms with Gasteiger partial charge in [0.15, 0.2) is 28.7 Å². The smallest absolute Gasteiger partial charge is 0.342 e. The van der Waals surface area contributed by atoms with Gasteiger partial charge in [-0.3, -0.25) is 0 Å². The number of phenols is 2. The summed E-state index contributed by atoms with van der Waals surface area (Å²) in [4.78, 5) is 13.1. The summed E-state index contributed by atoms with van der Waals surface area (Å²) in [6, 6.07) is 7.27. The lowest BCUT2D eigenvalue weighted by Crippen LogP contribution is -2.33. The SMILES string of the molecule is Cn1nnc2c3c(ccc21)C1(OC3=O)c2cc(F)c(O)cc2Oc2cc(O)c(F)cc21. The Morgan fingerprint density at radius 2 is 1.58 bits per heavy atom. The van der Waals surface area contributed by atoms with Gasteiger partial charge in [-0.05, 0) is 18.2 Å². The molecule has 0 fully saturated rings. The third-order valence-electron chi connectivity index (χ3n) is 5.69. The van der Waals surface area contributed by atoms with Crippen LogP contribution in [0.1, 0.15) is 27.0 Å². The first-order chi connectivity index (χ1) is 14.8. The number of hydrogen-bond acceptors (Lipinski definition) is 7. The van der Waals surface area contributed by atoms with E-state index in [2.05, 4.69) is 10.3 Å². The molecule has 1 aromatic heterocycles. The molecule has 2 aliphatic rings. The van der Waals surface area contributed by atoms with E-state index in [-0.39, 0.29) is 39.3 Å². The normalized spacial score (nSPS) is 15.4. The van der Waals surface area contributed by atoms with Crippen molar-refractivity contribution in [2.24, 2.45) is 7.05 Å². The van der Waals surface area contributed by atoms with Crippen LogP contribution in [0.2, 0.25) is 0 Å². The van der Waals surface area contributed by atoms with Crippen molar-refractivity contribution < 1.29 is 33.3 Å². The predicted octanol–water partition coefficient (Wildman–Crippen LogP) is 3.23. The van der Waals surface area contributed by atoms with Crippen LogP contribution in [0.25, 0.3) is 11.0 Å². The number of ether oxygens (including phenoxy) is 2. The minimum absolute atomic E-state index is 0.0164. The van der Waals surface area contributed by atoms with Gasteiger partial charge < -0.3 is 19.7 Å². The highest BCUT2D eigenvalue weighted by atomic mass is 19.1. The fourth-order valence-corrected chi connectivity index (χ4v) is 4.32. The van der Waals surface area contributed by atoms with E-state index in [1.807, 2.05) is 0 Å². The number of fused-ring (bicyclic) bond motifs is 8. The number of aryl methyl sites for hydroxylation is 1. The molecule has 0 bridgehead atoms. The van der Waals surface area contributed by atoms with Crippen LogP contribution in [-0.2, 0) is 17.4 Å². The number of nitrogens with zero attached hydrogens (tertiary/aromatic N) is 3. The van der Waals surface area contributed by atoms with Crippen LogP contribution in [0, 0.1) is 11.6 Å². The lowest BCUT2D eigenvalue weighted by molar-refractivity contribution is 0.0222. The number of rotatable bonds is 0. The van der Waals surface area contributed by atoms with E-state index in [0.717, 1.165) is 24.3 Å². The van der Waals surface area contributed by atoms with E-state index in [1.165, 1.54) is 4.68 Å². The molecular formula is C21H11F2N3O5. The van der Waals surface area contributed by atoms with Crippen molar-refractivity contribution in [3.8, 4) is 23.0 Å². The number of aromatic hydroxyl groups is 2. The Morgan fingerprint density at radius 1 is 0.968 bits per heavy atom. The van der Waals surface area contributed by atoms with E-state index >= 15 is 0 Å². The molecule has 8 nitrogen and oxygen atoms in total. The average molecular weight is 423 g/mol. The van der Waals surface area contributed by atoms with Gasteiger partial charge >= 0.3 is 5.97 Å². The van der Waals surface area contributed by atoms with E-state index in [9.17, 15) is 23.8 Å². The van der Waals surface area contributed by atoms with Crippen molar-refractivity contribution in [2.45, 2.75) is 5.60 Å². The van der Waals surface area contributed by atoms with Gasteiger partial charge in [0.05, 0.1) is 22.2 Å². The summed E-state index contributed by atoms with van der Waals surface area (Å²) in [5.41, 5.74) is -0.460. The highest BCUT2D eigenvalue weighted by Crippen LogP contribution is 2.58. The number of esters is 1. The Morgan fingerprint density at radius 3 is 2.19 bits per heavy atom. The van der Waals surface area contributed by atoms with Crippen molar-refractivity contribution in [1.29, 1.82) is 0 Å². The summed E-state index contributed by atoms with van der Waals surface area (Å²) >= 11 is 0. The highest BCUT2D eigenvalue weighted by Gasteiger charge is 2.55. The van der Waals surface area contributed by atoms with E-state index in [1.54, 1.807) is 19.2 Å². The van der Waals surface area contributed by atoms with Crippen LogP contribution in [-0.4, -0.2) is 31.2 Å². The van der Waals surface area contributed by atoms with Crippen LogP contribution in [0.3, 0.4) is 0 Å². The van der Waals surface area contributed by atoms with Crippen molar-refractivity contribution in [3.05, 3.63) is 70.3 Å². The van der Waals surface area contributed by atoms with E-state index in [4.69, 9.17) is 9.47 Å². The van der Waals surface area contributed by atoms with Gasteiger partial charge in [-0.1, -0.05) is 11.3 Å². The highest BCUT2D eigenvalue weighted by molar-refractivity contribution is 6.07. The van der Waals surface area contributed by atoms with Crippen molar-refractivity contribution in [3.63, 3.8) is 0 Å². The van der Waals surface area contributed by atoms with Crippen LogP contribution in [0.5, 0.6) is 23.0 Å². The van der Waals surface area contributed by atoms with Gasteiger partial charge in [0.1, 0.15) is 17.0 Å². The first-order valence-electron chi connectivity index (χ1n) is 9.11. The molecule has 2 aliphatic heterocycles. The van der Waals surface area contributed by atoms with Crippen molar-refractivity contribution in [1.82, 2.24) is 15.0 Å². The fraction of sp³-hybridized carbons (Fsp3) is 0.0952. The molecule has 0 atom stereocenters. The monoisotopic (exact) mass is 423 g/mol. The topological polar surface area (TPSA) is 107 Å². The maximum Gasteiger partial charge on any atom is 0.342 e. The number of carbonyl (C=O) groups excluding carboxylic acids is 1. The zero-order valence-corrected chi connectivity index (χ0v) is 15.7. The van der Waals surface area contributed by atoms with Gasteiger partial charge in [-0.15, -0.1) is 5.10 Å². The summed E-state index contributed by atoms with van der Waals surface area (Å²) in [7, 11) is 1.66. The van der Waals surface area contributed by atoms with Gasteiger partial charge in [0, 0.05) is 24.7 Å². The lowest BCUT2D eigenvalue weighted by Gasteiger charge is -2.36. The number of carbonyl (C=O) groups is 1. The first-order valence-corrected chi connectivity index (χ1v) is 9.11. The molecule has 154 valence electrons. The zero-order chi connectivity index (χ0) is 21.7. The number of aromatic nitrogens is 3. The number of phenolic OH excluding ortho intramolecular Hbond substituents is 2. The summed E-state index contributed by atoms with van der Waals surface area (Å²) in [5, 5.41) is 27.7. The largest absolute Gasteiger partial charge is 0.505 e. The molecule has 0 saturated heterocycles. The van der Waals surface area contributed by atoms with Crippen LogP contribution in [0.4, 0.5) is 8.78 Å². The van der Waals surface area contributed by atoms with Gasteiger partial charge in [0.2, 0.25) is 0 Å². The second-order valence-electron chi connectivity index (χ2n) is 7.34. The Labute approximate surface area is 171 Å². The lowest BCUT2D eigenvalue weighted by atomic mass is 9.77. The molecule has 10 heteroatoms. The van der Waals surface area contributed by atoms with Crippen LogP contribution >= 0.6 is 0 Å². The molecule has 3 aromatic carbocycles. The third kappa shape index (κ3) is 2.03. The summed E-state index contributed by atoms with van der Waals surface area (Å²) in [6.45, 7) is 0. The van der Waals surface area contributed by atoms with Crippen molar-refractivity contribution >= 4 is 17.0 Å². The minimum Gasteiger partial charge on any atom is -0.505 e. The molecule has 1 spiro atoms. The van der Waals surface area contributed by atoms with E-state index < -0.39 is 34.7 Å². The quantitative estimate of drug-likeness (QED) is 0.418. The predicted molar refractivity (Wildman–Crippen MR) is 100 cm³/mol. The van der Waals surface area contributed by atoms with Crippen LogP contribution < -0.4 is 4.74 Å². The Hall–Kier alpha value is -4.21. The minimum atomic E-state index is -1.79. The molecule has 0 saturated carbocycles. The molecule has 2 N–H and O–H groups in total. The molecule has 0 amide bonds. The number of hydrogen-bond donors (Lipinski definition) is 2. The van der Waals surface area contributed by atoms with Gasteiger partial charge in [-0.2, -0.15) is 0 Å². The van der Waals surface area contributed by atoms with Crippen LogP contribution in [0.15, 0.2) is 36.4 Å².